The van der Waals surface area contributed by atoms with Gasteiger partial charge in [-0.05, 0) is 30.5 Å². The summed E-state index contributed by atoms with van der Waals surface area (Å²) in [5, 5.41) is 5.40. The number of carbonyl (C=O) groups is 1. The molecule has 0 radical (unpaired) electrons. The molecule has 0 bridgehead atoms. The van der Waals surface area contributed by atoms with Gasteiger partial charge >= 0.3 is 0 Å². The van der Waals surface area contributed by atoms with E-state index in [9.17, 15) is 4.79 Å². The summed E-state index contributed by atoms with van der Waals surface area (Å²) in [4.78, 5) is 16.5. The van der Waals surface area contributed by atoms with E-state index in [-0.39, 0.29) is 5.91 Å². The molecule has 0 atom stereocenters. The Morgan fingerprint density at radius 2 is 2.16 bits per heavy atom. The SMILES string of the molecule is Cc1ccc(N)cc1C(=O)Nc1nc(C(C)C)cs1. The van der Waals surface area contributed by atoms with Crippen LogP contribution in [0.1, 0.15) is 41.4 Å². The van der Waals surface area contributed by atoms with Crippen molar-refractivity contribution in [1.29, 1.82) is 0 Å². The van der Waals surface area contributed by atoms with Gasteiger partial charge in [-0.1, -0.05) is 19.9 Å². The number of hydrogen-bond acceptors (Lipinski definition) is 4. The monoisotopic (exact) mass is 275 g/mol. The lowest BCUT2D eigenvalue weighted by Crippen LogP contribution is -2.13. The number of anilines is 2. The third-order valence-electron chi connectivity index (χ3n) is 2.84. The first kappa shape index (κ1) is 13.5. The van der Waals surface area contributed by atoms with Crippen LogP contribution in [0.4, 0.5) is 10.8 Å². The summed E-state index contributed by atoms with van der Waals surface area (Å²) in [6.45, 7) is 6.03. The van der Waals surface area contributed by atoms with Gasteiger partial charge in [0.25, 0.3) is 5.91 Å². The van der Waals surface area contributed by atoms with Crippen molar-refractivity contribution in [3.05, 3.63) is 40.4 Å². The second-order valence-electron chi connectivity index (χ2n) is 4.76. The van der Waals surface area contributed by atoms with E-state index in [2.05, 4.69) is 24.1 Å². The van der Waals surface area contributed by atoms with Gasteiger partial charge in [0.15, 0.2) is 5.13 Å². The van der Waals surface area contributed by atoms with Gasteiger partial charge in [-0.2, -0.15) is 0 Å². The van der Waals surface area contributed by atoms with Crippen LogP contribution in [0.3, 0.4) is 0 Å². The zero-order chi connectivity index (χ0) is 14.0. The number of aromatic nitrogens is 1. The third kappa shape index (κ3) is 3.12. The van der Waals surface area contributed by atoms with Crippen molar-refractivity contribution in [2.75, 3.05) is 11.1 Å². The molecular formula is C14H17N3OS. The van der Waals surface area contributed by atoms with Crippen molar-refractivity contribution in [3.8, 4) is 0 Å². The standard InChI is InChI=1S/C14H17N3OS/c1-8(2)12-7-19-14(16-12)17-13(18)11-6-10(15)5-4-9(11)3/h4-8H,15H2,1-3H3,(H,16,17,18). The molecule has 0 saturated heterocycles. The largest absolute Gasteiger partial charge is 0.399 e. The predicted octanol–water partition coefficient (Wildman–Crippen LogP) is 3.41. The smallest absolute Gasteiger partial charge is 0.257 e. The number of nitrogens with two attached hydrogens (primary N) is 1. The van der Waals surface area contributed by atoms with Crippen LogP contribution >= 0.6 is 11.3 Å². The van der Waals surface area contributed by atoms with Gasteiger partial charge in [0.2, 0.25) is 0 Å². The molecule has 19 heavy (non-hydrogen) atoms. The number of nitrogens with one attached hydrogen (secondary N) is 1. The second kappa shape index (κ2) is 5.40. The van der Waals surface area contributed by atoms with Crippen LogP contribution in [0.15, 0.2) is 23.6 Å². The maximum absolute atomic E-state index is 12.2. The van der Waals surface area contributed by atoms with Crippen molar-refractivity contribution in [1.82, 2.24) is 4.98 Å². The number of thiazole rings is 1. The molecule has 0 unspecified atom stereocenters. The molecule has 0 spiro atoms. The molecule has 0 aliphatic heterocycles. The molecule has 1 heterocycles. The molecular weight excluding hydrogens is 258 g/mol. The molecule has 2 rings (SSSR count). The minimum Gasteiger partial charge on any atom is -0.399 e. The zero-order valence-electron chi connectivity index (χ0n) is 11.2. The summed E-state index contributed by atoms with van der Waals surface area (Å²) in [5.74, 6) is 0.186. The van der Waals surface area contributed by atoms with Gasteiger partial charge < -0.3 is 5.73 Å². The minimum absolute atomic E-state index is 0.172. The maximum atomic E-state index is 12.2. The lowest BCUT2D eigenvalue weighted by molar-refractivity contribution is 0.102. The Bertz CT molecular complexity index is 604. The minimum atomic E-state index is -0.172. The highest BCUT2D eigenvalue weighted by molar-refractivity contribution is 7.14. The molecule has 3 N–H and O–H groups in total. The van der Waals surface area contributed by atoms with E-state index in [0.717, 1.165) is 11.3 Å². The molecule has 1 amide bonds. The Kier molecular flexibility index (Phi) is 3.85. The number of rotatable bonds is 3. The average molecular weight is 275 g/mol. The summed E-state index contributed by atoms with van der Waals surface area (Å²) >= 11 is 1.44. The second-order valence-corrected chi connectivity index (χ2v) is 5.62. The number of hydrogen-bond donors (Lipinski definition) is 2. The number of aryl methyl sites for hydroxylation is 1. The van der Waals surface area contributed by atoms with Gasteiger partial charge in [0.1, 0.15) is 0 Å². The van der Waals surface area contributed by atoms with E-state index in [1.165, 1.54) is 11.3 Å². The molecule has 1 aromatic heterocycles. The fourth-order valence-corrected chi connectivity index (χ4v) is 2.52. The number of carbonyl (C=O) groups excluding carboxylic acids is 1. The van der Waals surface area contributed by atoms with Crippen molar-refractivity contribution in [2.45, 2.75) is 26.7 Å². The molecule has 100 valence electrons. The van der Waals surface area contributed by atoms with Gasteiger partial charge in [-0.15, -0.1) is 11.3 Å². The van der Waals surface area contributed by atoms with E-state index in [0.29, 0.717) is 22.3 Å². The number of benzene rings is 1. The highest BCUT2D eigenvalue weighted by Crippen LogP contribution is 2.22. The molecule has 4 nitrogen and oxygen atoms in total. The lowest BCUT2D eigenvalue weighted by Gasteiger charge is -2.06. The summed E-state index contributed by atoms with van der Waals surface area (Å²) in [6.07, 6.45) is 0. The first-order valence-electron chi connectivity index (χ1n) is 6.10. The molecule has 0 aliphatic rings. The van der Waals surface area contributed by atoms with E-state index >= 15 is 0 Å². The third-order valence-corrected chi connectivity index (χ3v) is 3.62. The van der Waals surface area contributed by atoms with Crippen LogP contribution < -0.4 is 11.1 Å². The topological polar surface area (TPSA) is 68.0 Å². The normalized spacial score (nSPS) is 10.7. The fraction of sp³-hybridized carbons (Fsp3) is 0.286. The van der Waals surface area contributed by atoms with E-state index in [1.54, 1.807) is 12.1 Å². The number of nitrogen functional groups attached to an aromatic ring is 1. The summed E-state index contributed by atoms with van der Waals surface area (Å²) < 4.78 is 0. The first-order valence-corrected chi connectivity index (χ1v) is 6.98. The van der Waals surface area contributed by atoms with E-state index in [4.69, 9.17) is 5.73 Å². The Balaban J connectivity index is 2.18. The molecule has 0 saturated carbocycles. The Labute approximate surface area is 116 Å². The van der Waals surface area contributed by atoms with Crippen LogP contribution in [0.2, 0.25) is 0 Å². The van der Waals surface area contributed by atoms with Crippen molar-refractivity contribution < 1.29 is 4.79 Å². The number of nitrogens with zero attached hydrogens (tertiary/aromatic N) is 1. The van der Waals surface area contributed by atoms with Crippen LogP contribution in [0.25, 0.3) is 0 Å². The molecule has 2 aromatic rings. The Hall–Kier alpha value is -1.88. The predicted molar refractivity (Wildman–Crippen MR) is 79.7 cm³/mol. The van der Waals surface area contributed by atoms with Crippen LogP contribution in [-0.4, -0.2) is 10.9 Å². The van der Waals surface area contributed by atoms with E-state index in [1.807, 2.05) is 18.4 Å². The summed E-state index contributed by atoms with van der Waals surface area (Å²) in [7, 11) is 0. The molecule has 0 fully saturated rings. The van der Waals surface area contributed by atoms with Crippen molar-refractivity contribution >= 4 is 28.1 Å². The van der Waals surface area contributed by atoms with Crippen LogP contribution in [-0.2, 0) is 0 Å². The number of amides is 1. The van der Waals surface area contributed by atoms with Gasteiger partial charge in [0.05, 0.1) is 5.69 Å². The van der Waals surface area contributed by atoms with Gasteiger partial charge in [0, 0.05) is 16.6 Å². The van der Waals surface area contributed by atoms with E-state index < -0.39 is 0 Å². The van der Waals surface area contributed by atoms with Gasteiger partial charge in [-0.3, -0.25) is 10.1 Å². The summed E-state index contributed by atoms with van der Waals surface area (Å²) in [5.41, 5.74) is 8.76. The highest BCUT2D eigenvalue weighted by atomic mass is 32.1. The van der Waals surface area contributed by atoms with Crippen LogP contribution in [0.5, 0.6) is 0 Å². The Morgan fingerprint density at radius 1 is 1.42 bits per heavy atom. The lowest BCUT2D eigenvalue weighted by atomic mass is 10.1. The molecule has 5 heteroatoms. The van der Waals surface area contributed by atoms with Crippen molar-refractivity contribution in [3.63, 3.8) is 0 Å². The zero-order valence-corrected chi connectivity index (χ0v) is 12.0. The molecule has 1 aromatic carbocycles. The first-order chi connectivity index (χ1) is 8.97. The van der Waals surface area contributed by atoms with Crippen LogP contribution in [0, 0.1) is 6.92 Å². The van der Waals surface area contributed by atoms with Gasteiger partial charge in [-0.25, -0.2) is 4.98 Å². The maximum Gasteiger partial charge on any atom is 0.257 e. The van der Waals surface area contributed by atoms with Crippen molar-refractivity contribution in [2.24, 2.45) is 0 Å². The summed E-state index contributed by atoms with van der Waals surface area (Å²) in [6, 6.07) is 5.31. The average Bonchev–Trinajstić information content (AvgIpc) is 2.80. The quantitative estimate of drug-likeness (QED) is 0.843. The highest BCUT2D eigenvalue weighted by Gasteiger charge is 2.12. The Morgan fingerprint density at radius 3 is 2.79 bits per heavy atom. The fourth-order valence-electron chi connectivity index (χ4n) is 1.66. The molecule has 0 aliphatic carbocycles.